The number of hydrogen-bond acceptors (Lipinski definition) is 5. The Balaban J connectivity index is 1.94. The fourth-order valence-electron chi connectivity index (χ4n) is 1.85. The molecule has 6 heteroatoms. The van der Waals surface area contributed by atoms with Gasteiger partial charge in [-0.2, -0.15) is 11.8 Å². The van der Waals surface area contributed by atoms with Crippen LogP contribution in [0.5, 0.6) is 0 Å². The molecule has 1 aromatic heterocycles. The van der Waals surface area contributed by atoms with Gasteiger partial charge in [-0.05, 0) is 47.4 Å². The van der Waals surface area contributed by atoms with Gasteiger partial charge in [0.15, 0.2) is 5.82 Å². The molecule has 5 nitrogen and oxygen atoms in total. The van der Waals surface area contributed by atoms with Crippen LogP contribution in [0.15, 0.2) is 24.3 Å². The van der Waals surface area contributed by atoms with Gasteiger partial charge in [0.2, 0.25) is 0 Å². The van der Waals surface area contributed by atoms with Gasteiger partial charge in [-0.3, -0.25) is 0 Å². The molecule has 1 N–H and O–H groups in total. The van der Waals surface area contributed by atoms with E-state index in [1.54, 1.807) is 4.68 Å². The zero-order valence-electron chi connectivity index (χ0n) is 11.3. The van der Waals surface area contributed by atoms with Gasteiger partial charge in [0.05, 0.1) is 0 Å². The summed E-state index contributed by atoms with van der Waals surface area (Å²) in [6.07, 6.45) is 4.59. The van der Waals surface area contributed by atoms with Gasteiger partial charge in [-0.1, -0.05) is 12.1 Å². The molecule has 2 aromatic rings. The smallest absolute Gasteiger partial charge is 0.181 e. The third-order valence-corrected chi connectivity index (χ3v) is 3.54. The van der Waals surface area contributed by atoms with Crippen molar-refractivity contribution in [2.24, 2.45) is 7.05 Å². The topological polar surface area (TPSA) is 55.6 Å². The van der Waals surface area contributed by atoms with Gasteiger partial charge >= 0.3 is 0 Å². The minimum atomic E-state index is 0.783. The molecule has 0 unspecified atom stereocenters. The summed E-state index contributed by atoms with van der Waals surface area (Å²) >= 11 is 1.90. The summed E-state index contributed by atoms with van der Waals surface area (Å²) in [7, 11) is 1.85. The fourth-order valence-corrected chi connectivity index (χ4v) is 2.34. The molecule has 102 valence electrons. The van der Waals surface area contributed by atoms with Crippen LogP contribution in [0, 0.1) is 0 Å². The minimum absolute atomic E-state index is 0.783. The van der Waals surface area contributed by atoms with E-state index in [0.717, 1.165) is 23.6 Å². The van der Waals surface area contributed by atoms with Gasteiger partial charge in [0.25, 0.3) is 0 Å². The van der Waals surface area contributed by atoms with Crippen LogP contribution in [0.3, 0.4) is 0 Å². The third kappa shape index (κ3) is 3.96. The van der Waals surface area contributed by atoms with Crippen molar-refractivity contribution < 1.29 is 0 Å². The van der Waals surface area contributed by atoms with E-state index in [1.165, 1.54) is 18.6 Å². The lowest BCUT2D eigenvalue weighted by atomic mass is 10.2. The average molecular weight is 277 g/mol. The van der Waals surface area contributed by atoms with Crippen molar-refractivity contribution in [1.29, 1.82) is 0 Å². The van der Waals surface area contributed by atoms with Gasteiger partial charge in [-0.15, -0.1) is 5.10 Å². The van der Waals surface area contributed by atoms with Crippen molar-refractivity contribution in [3.63, 3.8) is 0 Å². The maximum absolute atomic E-state index is 4.02. The second kappa shape index (κ2) is 7.13. The molecular weight excluding hydrogens is 258 g/mol. The maximum atomic E-state index is 4.02. The number of anilines is 1. The zero-order valence-corrected chi connectivity index (χ0v) is 12.2. The van der Waals surface area contributed by atoms with Crippen molar-refractivity contribution in [3.05, 3.63) is 24.3 Å². The Morgan fingerprint density at radius 1 is 1.32 bits per heavy atom. The van der Waals surface area contributed by atoms with E-state index in [0.29, 0.717) is 0 Å². The zero-order chi connectivity index (χ0) is 13.5. The van der Waals surface area contributed by atoms with E-state index < -0.39 is 0 Å². The number of aromatic nitrogens is 4. The molecule has 0 saturated heterocycles. The normalized spacial score (nSPS) is 10.6. The number of nitrogens with zero attached hydrogens (tertiary/aromatic N) is 4. The number of tetrazole rings is 1. The largest absolute Gasteiger partial charge is 0.385 e. The van der Waals surface area contributed by atoms with Crippen LogP contribution in [0.4, 0.5) is 5.69 Å². The van der Waals surface area contributed by atoms with Crippen LogP contribution in [-0.2, 0) is 7.05 Å². The first-order chi connectivity index (χ1) is 9.31. The lowest BCUT2D eigenvalue weighted by Gasteiger charge is -2.07. The molecule has 0 saturated carbocycles. The van der Waals surface area contributed by atoms with Crippen LogP contribution in [-0.4, -0.2) is 38.8 Å². The fraction of sp³-hybridized carbons (Fsp3) is 0.462. The molecule has 0 aliphatic rings. The Bertz CT molecular complexity index is 511. The summed E-state index contributed by atoms with van der Waals surface area (Å²) in [5.74, 6) is 2.01. The Morgan fingerprint density at radius 2 is 2.21 bits per heavy atom. The van der Waals surface area contributed by atoms with E-state index in [2.05, 4.69) is 39.2 Å². The van der Waals surface area contributed by atoms with Crippen LogP contribution in [0.2, 0.25) is 0 Å². The molecule has 1 aromatic carbocycles. The van der Waals surface area contributed by atoms with Crippen LogP contribution < -0.4 is 5.32 Å². The number of aryl methyl sites for hydroxylation is 1. The Kier molecular flexibility index (Phi) is 5.20. The highest BCUT2D eigenvalue weighted by Crippen LogP contribution is 2.19. The van der Waals surface area contributed by atoms with E-state index in [1.807, 2.05) is 30.9 Å². The standard InChI is InChI=1S/C13H19N5S/c1-18-13(15-16-17-18)11-6-5-7-12(10-11)14-8-3-4-9-19-2/h5-7,10,14H,3-4,8-9H2,1-2H3. The lowest BCUT2D eigenvalue weighted by Crippen LogP contribution is -2.02. The molecule has 0 radical (unpaired) electrons. The van der Waals surface area contributed by atoms with Gasteiger partial charge in [0.1, 0.15) is 0 Å². The monoisotopic (exact) mass is 277 g/mol. The Hall–Kier alpha value is -1.56. The molecule has 0 aliphatic carbocycles. The number of rotatable bonds is 7. The third-order valence-electron chi connectivity index (χ3n) is 2.85. The van der Waals surface area contributed by atoms with E-state index in [4.69, 9.17) is 0 Å². The SMILES string of the molecule is CSCCCCNc1cccc(-c2nnnn2C)c1. The van der Waals surface area contributed by atoms with Gasteiger partial charge < -0.3 is 5.32 Å². The molecule has 0 aliphatic heterocycles. The van der Waals surface area contributed by atoms with E-state index in [-0.39, 0.29) is 0 Å². The first kappa shape index (κ1) is 13.9. The van der Waals surface area contributed by atoms with Crippen LogP contribution in [0.1, 0.15) is 12.8 Å². The first-order valence-electron chi connectivity index (χ1n) is 6.37. The Labute approximate surface area is 117 Å². The van der Waals surface area contributed by atoms with Crippen molar-refractivity contribution >= 4 is 17.4 Å². The molecule has 2 rings (SSSR count). The number of nitrogens with one attached hydrogen (secondary N) is 1. The van der Waals surface area contributed by atoms with Gasteiger partial charge in [-0.25, -0.2) is 4.68 Å². The van der Waals surface area contributed by atoms with Crippen LogP contribution in [0.25, 0.3) is 11.4 Å². The predicted octanol–water partition coefficient (Wildman–Crippen LogP) is 2.43. The maximum Gasteiger partial charge on any atom is 0.181 e. The molecule has 0 spiro atoms. The molecule has 19 heavy (non-hydrogen) atoms. The molecule has 1 heterocycles. The first-order valence-corrected chi connectivity index (χ1v) is 7.76. The number of benzene rings is 1. The van der Waals surface area contributed by atoms with Crippen molar-refractivity contribution in [3.8, 4) is 11.4 Å². The van der Waals surface area contributed by atoms with Crippen LogP contribution >= 0.6 is 11.8 Å². The highest BCUT2D eigenvalue weighted by molar-refractivity contribution is 7.98. The lowest BCUT2D eigenvalue weighted by molar-refractivity contribution is 0.714. The highest BCUT2D eigenvalue weighted by Gasteiger charge is 2.05. The Morgan fingerprint density at radius 3 is 2.95 bits per heavy atom. The average Bonchev–Trinajstić information content (AvgIpc) is 2.85. The summed E-state index contributed by atoms with van der Waals surface area (Å²) in [6, 6.07) is 8.20. The summed E-state index contributed by atoms with van der Waals surface area (Å²) in [4.78, 5) is 0. The van der Waals surface area contributed by atoms with E-state index in [9.17, 15) is 0 Å². The van der Waals surface area contributed by atoms with Gasteiger partial charge in [0, 0.05) is 24.8 Å². The number of hydrogen-bond donors (Lipinski definition) is 1. The molecule has 0 amide bonds. The summed E-state index contributed by atoms with van der Waals surface area (Å²) < 4.78 is 1.68. The molecule has 0 fully saturated rings. The highest BCUT2D eigenvalue weighted by atomic mass is 32.2. The second-order valence-corrected chi connectivity index (χ2v) is 5.32. The summed E-state index contributed by atoms with van der Waals surface area (Å²) in [6.45, 7) is 1.00. The molecular formula is C13H19N5S. The van der Waals surface area contributed by atoms with Crippen molar-refractivity contribution in [2.75, 3.05) is 23.9 Å². The second-order valence-electron chi connectivity index (χ2n) is 4.33. The number of unbranched alkanes of at least 4 members (excludes halogenated alkanes) is 1. The number of thioether (sulfide) groups is 1. The molecule has 0 atom stereocenters. The van der Waals surface area contributed by atoms with Crippen molar-refractivity contribution in [2.45, 2.75) is 12.8 Å². The predicted molar refractivity (Wildman–Crippen MR) is 80.3 cm³/mol. The minimum Gasteiger partial charge on any atom is -0.385 e. The summed E-state index contributed by atoms with van der Waals surface area (Å²) in [5, 5.41) is 15.0. The molecule has 0 bridgehead atoms. The quantitative estimate of drug-likeness (QED) is 0.788. The summed E-state index contributed by atoms with van der Waals surface area (Å²) in [5.41, 5.74) is 2.14. The van der Waals surface area contributed by atoms with E-state index >= 15 is 0 Å². The van der Waals surface area contributed by atoms with Crippen molar-refractivity contribution in [1.82, 2.24) is 20.2 Å².